The van der Waals surface area contributed by atoms with Crippen LogP contribution < -0.4 is 5.32 Å². The molecule has 1 aromatic rings. The monoisotopic (exact) mass is 289 g/mol. The molecule has 1 fully saturated rings. The van der Waals surface area contributed by atoms with Gasteiger partial charge in [0.05, 0.1) is 0 Å². The molecule has 1 aliphatic rings. The molecule has 1 heterocycles. The van der Waals surface area contributed by atoms with Crippen molar-refractivity contribution in [1.82, 2.24) is 15.1 Å². The third-order valence-corrected chi connectivity index (χ3v) is 4.11. The predicted octanol–water partition coefficient (Wildman–Crippen LogP) is 2.17. The van der Waals surface area contributed by atoms with Crippen LogP contribution >= 0.6 is 12.2 Å². The van der Waals surface area contributed by atoms with Crippen LogP contribution in [0.5, 0.6) is 0 Å². The maximum absolute atomic E-state index is 5.38. The van der Waals surface area contributed by atoms with Crippen LogP contribution in [0.3, 0.4) is 0 Å². The summed E-state index contributed by atoms with van der Waals surface area (Å²) >= 11 is 5.38. The Morgan fingerprint density at radius 1 is 1.30 bits per heavy atom. The SMILES string of the molecule is C=CCNC(=S)N1CCN(Cc2ccccc2C)CC1. The third-order valence-electron chi connectivity index (χ3n) is 3.71. The van der Waals surface area contributed by atoms with E-state index < -0.39 is 0 Å². The summed E-state index contributed by atoms with van der Waals surface area (Å²) in [5.41, 5.74) is 2.80. The van der Waals surface area contributed by atoms with Crippen molar-refractivity contribution >= 4 is 17.3 Å². The van der Waals surface area contributed by atoms with E-state index in [1.165, 1.54) is 11.1 Å². The van der Waals surface area contributed by atoms with Gasteiger partial charge < -0.3 is 10.2 Å². The molecule has 3 nitrogen and oxygen atoms in total. The molecule has 0 aliphatic carbocycles. The van der Waals surface area contributed by atoms with E-state index in [4.69, 9.17) is 12.2 Å². The minimum Gasteiger partial charge on any atom is -0.359 e. The third kappa shape index (κ3) is 4.05. The number of aryl methyl sites for hydroxylation is 1. The van der Waals surface area contributed by atoms with Gasteiger partial charge in [0.1, 0.15) is 0 Å². The molecule has 4 heteroatoms. The second kappa shape index (κ2) is 7.41. The van der Waals surface area contributed by atoms with Gasteiger partial charge in [0.15, 0.2) is 5.11 Å². The summed E-state index contributed by atoms with van der Waals surface area (Å²) in [6, 6.07) is 8.62. The highest BCUT2D eigenvalue weighted by atomic mass is 32.1. The summed E-state index contributed by atoms with van der Waals surface area (Å²) in [6.07, 6.45) is 1.83. The average molecular weight is 289 g/mol. The molecule has 1 saturated heterocycles. The van der Waals surface area contributed by atoms with Gasteiger partial charge in [0, 0.05) is 39.3 Å². The Balaban J connectivity index is 1.81. The standard InChI is InChI=1S/C16H23N3S/c1-3-8-17-16(20)19-11-9-18(10-12-19)13-15-7-5-4-6-14(15)2/h3-7H,1,8-13H2,2H3,(H,17,20). The molecule has 0 saturated carbocycles. The number of thiocarbonyl (C=S) groups is 1. The molecular weight excluding hydrogens is 266 g/mol. The van der Waals surface area contributed by atoms with Crippen LogP contribution in [0, 0.1) is 6.92 Å². The zero-order valence-electron chi connectivity index (χ0n) is 12.1. The fourth-order valence-corrected chi connectivity index (χ4v) is 2.67. The van der Waals surface area contributed by atoms with Crippen molar-refractivity contribution in [3.63, 3.8) is 0 Å². The lowest BCUT2D eigenvalue weighted by Crippen LogP contribution is -2.51. The normalized spacial score (nSPS) is 15.9. The van der Waals surface area contributed by atoms with Gasteiger partial charge in [-0.3, -0.25) is 4.90 Å². The number of rotatable bonds is 4. The highest BCUT2D eigenvalue weighted by Gasteiger charge is 2.18. The highest BCUT2D eigenvalue weighted by molar-refractivity contribution is 7.80. The lowest BCUT2D eigenvalue weighted by molar-refractivity contribution is 0.174. The van der Waals surface area contributed by atoms with Crippen LogP contribution in [0.15, 0.2) is 36.9 Å². The number of piperazine rings is 1. The van der Waals surface area contributed by atoms with Crippen LogP contribution in [0.4, 0.5) is 0 Å². The predicted molar refractivity (Wildman–Crippen MR) is 88.8 cm³/mol. The maximum Gasteiger partial charge on any atom is 0.169 e. The smallest absolute Gasteiger partial charge is 0.169 e. The van der Waals surface area contributed by atoms with Crippen molar-refractivity contribution in [3.8, 4) is 0 Å². The average Bonchev–Trinajstić information content (AvgIpc) is 2.48. The quantitative estimate of drug-likeness (QED) is 0.676. The van der Waals surface area contributed by atoms with Gasteiger partial charge in [-0.2, -0.15) is 0 Å². The summed E-state index contributed by atoms with van der Waals surface area (Å²) in [5, 5.41) is 4.04. The molecule has 1 aliphatic heterocycles. The lowest BCUT2D eigenvalue weighted by atomic mass is 10.1. The van der Waals surface area contributed by atoms with Gasteiger partial charge >= 0.3 is 0 Å². The first-order valence-electron chi connectivity index (χ1n) is 7.11. The van der Waals surface area contributed by atoms with E-state index in [0.717, 1.165) is 44.4 Å². The summed E-state index contributed by atoms with van der Waals surface area (Å²) in [5.74, 6) is 0. The molecule has 0 unspecified atom stereocenters. The van der Waals surface area contributed by atoms with Crippen molar-refractivity contribution in [1.29, 1.82) is 0 Å². The highest BCUT2D eigenvalue weighted by Crippen LogP contribution is 2.12. The Kier molecular flexibility index (Phi) is 5.56. The molecule has 1 aromatic carbocycles. The Hall–Kier alpha value is -1.39. The van der Waals surface area contributed by atoms with E-state index in [-0.39, 0.29) is 0 Å². The van der Waals surface area contributed by atoms with E-state index >= 15 is 0 Å². The number of nitrogens with zero attached hydrogens (tertiary/aromatic N) is 2. The summed E-state index contributed by atoms with van der Waals surface area (Å²) in [7, 11) is 0. The zero-order valence-corrected chi connectivity index (χ0v) is 13.0. The van der Waals surface area contributed by atoms with Gasteiger partial charge in [0.25, 0.3) is 0 Å². The summed E-state index contributed by atoms with van der Waals surface area (Å²) in [6.45, 7) is 11.8. The van der Waals surface area contributed by atoms with Crippen molar-refractivity contribution in [2.75, 3.05) is 32.7 Å². The Labute approximate surface area is 127 Å². The van der Waals surface area contributed by atoms with Gasteiger partial charge in [-0.05, 0) is 30.3 Å². The van der Waals surface area contributed by atoms with Crippen molar-refractivity contribution < 1.29 is 0 Å². The van der Waals surface area contributed by atoms with Crippen LogP contribution in [-0.2, 0) is 6.54 Å². The Morgan fingerprint density at radius 2 is 2.00 bits per heavy atom. The fraction of sp³-hybridized carbons (Fsp3) is 0.438. The van der Waals surface area contributed by atoms with E-state index in [9.17, 15) is 0 Å². The van der Waals surface area contributed by atoms with E-state index in [0.29, 0.717) is 0 Å². The lowest BCUT2D eigenvalue weighted by Gasteiger charge is -2.36. The minimum absolute atomic E-state index is 0.738. The van der Waals surface area contributed by atoms with E-state index in [1.54, 1.807) is 0 Å². The van der Waals surface area contributed by atoms with Gasteiger partial charge in [0.2, 0.25) is 0 Å². The largest absolute Gasteiger partial charge is 0.359 e. The molecule has 0 amide bonds. The summed E-state index contributed by atoms with van der Waals surface area (Å²) in [4.78, 5) is 4.74. The number of hydrogen-bond acceptors (Lipinski definition) is 2. The molecular formula is C16H23N3S. The van der Waals surface area contributed by atoms with E-state index in [2.05, 4.69) is 52.9 Å². The van der Waals surface area contributed by atoms with Crippen LogP contribution in [-0.4, -0.2) is 47.6 Å². The Morgan fingerprint density at radius 3 is 2.65 bits per heavy atom. The van der Waals surface area contributed by atoms with Crippen LogP contribution in [0.1, 0.15) is 11.1 Å². The molecule has 20 heavy (non-hydrogen) atoms. The molecule has 108 valence electrons. The minimum atomic E-state index is 0.738. The number of benzene rings is 1. The summed E-state index contributed by atoms with van der Waals surface area (Å²) < 4.78 is 0. The van der Waals surface area contributed by atoms with Crippen molar-refractivity contribution in [2.24, 2.45) is 0 Å². The molecule has 0 spiro atoms. The second-order valence-corrected chi connectivity index (χ2v) is 5.55. The molecule has 0 radical (unpaired) electrons. The van der Waals surface area contributed by atoms with Crippen LogP contribution in [0.25, 0.3) is 0 Å². The first kappa shape index (κ1) is 15.0. The molecule has 1 N–H and O–H groups in total. The number of nitrogens with one attached hydrogen (secondary N) is 1. The molecule has 0 bridgehead atoms. The van der Waals surface area contributed by atoms with Crippen molar-refractivity contribution in [2.45, 2.75) is 13.5 Å². The second-order valence-electron chi connectivity index (χ2n) is 5.16. The molecule has 0 atom stereocenters. The Bertz CT molecular complexity index is 465. The maximum atomic E-state index is 5.38. The van der Waals surface area contributed by atoms with Gasteiger partial charge in [-0.25, -0.2) is 0 Å². The first-order valence-corrected chi connectivity index (χ1v) is 7.52. The molecule has 2 rings (SSSR count). The van der Waals surface area contributed by atoms with Gasteiger partial charge in [-0.1, -0.05) is 30.3 Å². The fourth-order valence-electron chi connectivity index (χ4n) is 2.41. The topological polar surface area (TPSA) is 18.5 Å². The first-order chi connectivity index (χ1) is 9.70. The van der Waals surface area contributed by atoms with Crippen LogP contribution in [0.2, 0.25) is 0 Å². The van der Waals surface area contributed by atoms with E-state index in [1.807, 2.05) is 6.08 Å². The zero-order chi connectivity index (χ0) is 14.4. The molecule has 0 aromatic heterocycles. The van der Waals surface area contributed by atoms with Crippen molar-refractivity contribution in [3.05, 3.63) is 48.0 Å². The number of hydrogen-bond donors (Lipinski definition) is 1. The van der Waals surface area contributed by atoms with Gasteiger partial charge in [-0.15, -0.1) is 6.58 Å².